The van der Waals surface area contributed by atoms with Gasteiger partial charge in [-0.15, -0.1) is 0 Å². The van der Waals surface area contributed by atoms with Crippen molar-refractivity contribution in [2.45, 2.75) is 13.3 Å². The zero-order chi connectivity index (χ0) is 18.1. The summed E-state index contributed by atoms with van der Waals surface area (Å²) in [6.45, 7) is 2.85. The van der Waals surface area contributed by atoms with E-state index in [9.17, 15) is 9.59 Å². The lowest BCUT2D eigenvalue weighted by molar-refractivity contribution is 0.0185. The van der Waals surface area contributed by atoms with Crippen LogP contribution in [-0.2, 0) is 0 Å². The smallest absolute Gasteiger partial charge is 0.275 e. The first-order chi connectivity index (χ1) is 12.7. The van der Waals surface area contributed by atoms with E-state index in [-0.39, 0.29) is 11.8 Å². The number of hydrogen-bond donors (Lipinski definition) is 0. The molecule has 0 radical (unpaired) electrons. The van der Waals surface area contributed by atoms with Gasteiger partial charge in [0, 0.05) is 13.1 Å². The molecule has 26 heavy (non-hydrogen) atoms. The van der Waals surface area contributed by atoms with Crippen molar-refractivity contribution < 1.29 is 14.0 Å². The Hall–Kier alpha value is -3.35. The molecule has 3 aromatic rings. The number of amides is 2. The quantitative estimate of drug-likeness (QED) is 0.728. The molecule has 4 rings (SSSR count). The van der Waals surface area contributed by atoms with Crippen LogP contribution in [0, 0.1) is 6.92 Å². The Morgan fingerprint density at radius 2 is 1.77 bits per heavy atom. The number of furan rings is 1. The van der Waals surface area contributed by atoms with E-state index >= 15 is 0 Å². The number of nitrogens with zero attached hydrogens (tertiary/aromatic N) is 4. The zero-order valence-corrected chi connectivity index (χ0v) is 14.3. The molecule has 0 atom stereocenters. The monoisotopic (exact) mass is 350 g/mol. The Morgan fingerprint density at radius 3 is 2.46 bits per heavy atom. The van der Waals surface area contributed by atoms with Crippen LogP contribution in [0.5, 0.6) is 0 Å². The maximum absolute atomic E-state index is 13.1. The van der Waals surface area contributed by atoms with Crippen molar-refractivity contribution >= 4 is 11.8 Å². The molecule has 0 saturated carbocycles. The first-order valence-electron chi connectivity index (χ1n) is 8.42. The Bertz CT molecular complexity index is 931. The number of hydrazine groups is 1. The molecule has 7 nitrogen and oxygen atoms in total. The molecule has 1 aliphatic heterocycles. The van der Waals surface area contributed by atoms with Crippen LogP contribution in [0.3, 0.4) is 0 Å². The highest BCUT2D eigenvalue weighted by molar-refractivity contribution is 5.99. The predicted molar refractivity (Wildman–Crippen MR) is 93.7 cm³/mol. The van der Waals surface area contributed by atoms with Crippen LogP contribution < -0.4 is 0 Å². The molecular formula is C19H18N4O3. The van der Waals surface area contributed by atoms with Crippen molar-refractivity contribution in [3.63, 3.8) is 0 Å². The number of carbonyl (C=O) groups is 2. The Labute approximate surface area is 150 Å². The predicted octanol–water partition coefficient (Wildman–Crippen LogP) is 2.68. The fraction of sp³-hybridized carbons (Fsp3) is 0.211. The summed E-state index contributed by atoms with van der Waals surface area (Å²) in [5, 5.41) is 7.32. The third-order valence-corrected chi connectivity index (χ3v) is 4.51. The van der Waals surface area contributed by atoms with Crippen LogP contribution in [0.2, 0.25) is 0 Å². The highest BCUT2D eigenvalue weighted by atomic mass is 16.3. The second-order valence-corrected chi connectivity index (χ2v) is 6.11. The standard InChI is InChI=1S/C19H18N4O3/c1-14-17(12-20-23(14)16-6-3-2-4-7-16)19(25)22-10-5-9-21(22)18(24)15-8-11-26-13-15/h2-4,6-8,11-13H,5,9-10H2,1H3. The van der Waals surface area contributed by atoms with E-state index in [0.717, 1.165) is 17.8 Å². The summed E-state index contributed by atoms with van der Waals surface area (Å²) < 4.78 is 6.71. The molecule has 0 aliphatic carbocycles. The molecule has 0 bridgehead atoms. The van der Waals surface area contributed by atoms with Crippen LogP contribution in [0.1, 0.15) is 32.8 Å². The highest BCUT2D eigenvalue weighted by Gasteiger charge is 2.33. The van der Waals surface area contributed by atoms with Gasteiger partial charge in [0.1, 0.15) is 6.26 Å². The topological polar surface area (TPSA) is 71.6 Å². The van der Waals surface area contributed by atoms with Gasteiger partial charge in [0.25, 0.3) is 11.8 Å². The molecule has 0 N–H and O–H groups in total. The lowest BCUT2D eigenvalue weighted by Gasteiger charge is -2.27. The second-order valence-electron chi connectivity index (χ2n) is 6.11. The molecule has 7 heteroatoms. The Kier molecular flexibility index (Phi) is 4.04. The van der Waals surface area contributed by atoms with Gasteiger partial charge >= 0.3 is 0 Å². The van der Waals surface area contributed by atoms with E-state index in [4.69, 9.17) is 4.42 Å². The summed E-state index contributed by atoms with van der Waals surface area (Å²) >= 11 is 0. The van der Waals surface area contributed by atoms with Crippen molar-refractivity contribution in [3.8, 4) is 5.69 Å². The molecule has 132 valence electrons. The molecule has 2 amide bonds. The van der Waals surface area contributed by atoms with Crippen molar-refractivity contribution in [2.75, 3.05) is 13.1 Å². The second kappa shape index (κ2) is 6.51. The van der Waals surface area contributed by atoms with Crippen molar-refractivity contribution in [1.82, 2.24) is 19.8 Å². The summed E-state index contributed by atoms with van der Waals surface area (Å²) in [4.78, 5) is 25.7. The summed E-state index contributed by atoms with van der Waals surface area (Å²) in [6, 6.07) is 11.2. The van der Waals surface area contributed by atoms with Crippen LogP contribution in [-0.4, -0.2) is 44.7 Å². The number of carbonyl (C=O) groups excluding carboxylic acids is 2. The van der Waals surface area contributed by atoms with Crippen LogP contribution in [0.15, 0.2) is 59.5 Å². The fourth-order valence-electron chi connectivity index (χ4n) is 3.16. The molecular weight excluding hydrogens is 332 g/mol. The minimum Gasteiger partial charge on any atom is -0.472 e. The molecule has 3 heterocycles. The van der Waals surface area contributed by atoms with Crippen LogP contribution >= 0.6 is 0 Å². The first kappa shape index (κ1) is 16.1. The summed E-state index contributed by atoms with van der Waals surface area (Å²) in [7, 11) is 0. The van der Waals surface area contributed by atoms with Gasteiger partial charge < -0.3 is 4.42 Å². The number of hydrogen-bond acceptors (Lipinski definition) is 4. The first-order valence-corrected chi connectivity index (χ1v) is 8.42. The SMILES string of the molecule is Cc1c(C(=O)N2CCCN2C(=O)c2ccoc2)cnn1-c1ccccc1. The van der Waals surface area contributed by atoms with Gasteiger partial charge in [0.05, 0.1) is 35.0 Å². The molecule has 0 unspecified atom stereocenters. The zero-order valence-electron chi connectivity index (χ0n) is 14.3. The van der Waals surface area contributed by atoms with Gasteiger partial charge in [-0.1, -0.05) is 18.2 Å². The lowest BCUT2D eigenvalue weighted by Crippen LogP contribution is -2.44. The highest BCUT2D eigenvalue weighted by Crippen LogP contribution is 2.21. The van der Waals surface area contributed by atoms with Crippen LogP contribution in [0.4, 0.5) is 0 Å². The molecule has 1 saturated heterocycles. The number of rotatable bonds is 3. The number of aromatic nitrogens is 2. The van der Waals surface area contributed by atoms with Crippen LogP contribution in [0.25, 0.3) is 5.69 Å². The van der Waals surface area contributed by atoms with E-state index in [1.54, 1.807) is 16.9 Å². The molecule has 0 spiro atoms. The van der Waals surface area contributed by atoms with Gasteiger partial charge in [-0.2, -0.15) is 5.10 Å². The lowest BCUT2D eigenvalue weighted by atomic mass is 10.2. The van der Waals surface area contributed by atoms with E-state index in [1.165, 1.54) is 22.5 Å². The third-order valence-electron chi connectivity index (χ3n) is 4.51. The Balaban J connectivity index is 1.61. The average molecular weight is 350 g/mol. The van der Waals surface area contributed by atoms with E-state index in [1.807, 2.05) is 37.3 Å². The van der Waals surface area contributed by atoms with Crippen molar-refractivity contribution in [3.05, 3.63) is 71.9 Å². The van der Waals surface area contributed by atoms with Crippen molar-refractivity contribution in [1.29, 1.82) is 0 Å². The largest absolute Gasteiger partial charge is 0.472 e. The summed E-state index contributed by atoms with van der Waals surface area (Å²) in [5.41, 5.74) is 2.54. The van der Waals surface area contributed by atoms with Gasteiger partial charge in [-0.05, 0) is 31.5 Å². The van der Waals surface area contributed by atoms with Gasteiger partial charge in [-0.25, -0.2) is 14.7 Å². The summed E-state index contributed by atoms with van der Waals surface area (Å²) in [6.07, 6.45) is 5.14. The maximum Gasteiger partial charge on any atom is 0.275 e. The van der Waals surface area contributed by atoms with Crippen molar-refractivity contribution in [2.24, 2.45) is 0 Å². The van der Waals surface area contributed by atoms with Gasteiger partial charge in [0.2, 0.25) is 0 Å². The number of para-hydroxylation sites is 1. The van der Waals surface area contributed by atoms with E-state index < -0.39 is 0 Å². The average Bonchev–Trinajstić information content (AvgIpc) is 3.42. The normalized spacial score (nSPS) is 14.0. The van der Waals surface area contributed by atoms with E-state index in [0.29, 0.717) is 24.2 Å². The minimum atomic E-state index is -0.238. The number of benzene rings is 1. The fourth-order valence-corrected chi connectivity index (χ4v) is 3.16. The molecule has 1 aromatic carbocycles. The molecule has 2 aromatic heterocycles. The van der Waals surface area contributed by atoms with E-state index in [2.05, 4.69) is 5.10 Å². The van der Waals surface area contributed by atoms with Gasteiger partial charge in [0.15, 0.2) is 0 Å². The maximum atomic E-state index is 13.1. The Morgan fingerprint density at radius 1 is 1.04 bits per heavy atom. The third kappa shape index (κ3) is 2.67. The molecule has 1 aliphatic rings. The minimum absolute atomic E-state index is 0.223. The molecule has 1 fully saturated rings. The summed E-state index contributed by atoms with van der Waals surface area (Å²) in [5.74, 6) is -0.461. The van der Waals surface area contributed by atoms with Gasteiger partial charge in [-0.3, -0.25) is 9.59 Å².